The molecule has 1 N–H and O–H groups in total. The van der Waals surface area contributed by atoms with Crippen molar-refractivity contribution in [2.75, 3.05) is 0 Å². The van der Waals surface area contributed by atoms with Crippen LogP contribution in [0, 0.1) is 5.82 Å². The van der Waals surface area contributed by atoms with E-state index in [4.69, 9.17) is 11.6 Å². The first-order valence-corrected chi connectivity index (χ1v) is 7.39. The molecule has 0 aliphatic carbocycles. The number of halogens is 2. The van der Waals surface area contributed by atoms with Crippen molar-refractivity contribution >= 4 is 23.1 Å². The van der Waals surface area contributed by atoms with Crippen molar-refractivity contribution in [3.63, 3.8) is 0 Å². The van der Waals surface area contributed by atoms with Gasteiger partial charge >= 0.3 is 0 Å². The molecule has 0 saturated heterocycles. The Kier molecular flexibility index (Phi) is 4.42. The Morgan fingerprint density at radius 1 is 1.40 bits per heavy atom. The van der Waals surface area contributed by atoms with Crippen molar-refractivity contribution < 1.29 is 9.50 Å². The lowest BCUT2D eigenvalue weighted by molar-refractivity contribution is 0.179. The lowest BCUT2D eigenvalue weighted by Crippen LogP contribution is -2.16. The van der Waals surface area contributed by atoms with Crippen molar-refractivity contribution in [2.45, 2.75) is 38.7 Å². The molecule has 3 nitrogen and oxygen atoms in total. The molecule has 0 bridgehead atoms. The third-order valence-electron chi connectivity index (χ3n) is 2.94. The number of hydrogen-bond donors (Lipinski definition) is 1. The quantitative estimate of drug-likeness (QED) is 0.934. The first kappa shape index (κ1) is 15.4. The molecule has 108 valence electrons. The highest BCUT2D eigenvalue weighted by Crippen LogP contribution is 2.32. The highest BCUT2D eigenvalue weighted by molar-refractivity contribution is 7.05. The second-order valence-electron chi connectivity index (χ2n) is 5.70. The predicted octanol–water partition coefficient (Wildman–Crippen LogP) is 3.90. The average Bonchev–Trinajstić information content (AvgIpc) is 2.83. The molecule has 20 heavy (non-hydrogen) atoms. The van der Waals surface area contributed by atoms with Crippen LogP contribution in [-0.4, -0.2) is 14.7 Å². The van der Waals surface area contributed by atoms with Crippen LogP contribution in [0.5, 0.6) is 0 Å². The standard InChI is InChI=1S/C14H16ClFN2OS/c1-14(2,3)13-12(20-18-17-13)11(19)7-8-4-5-10(16)9(15)6-8/h4-6,11,19H,7H2,1-3H3. The molecule has 1 heterocycles. The van der Waals surface area contributed by atoms with E-state index in [0.717, 1.165) is 16.1 Å². The van der Waals surface area contributed by atoms with Crippen molar-refractivity contribution in [1.82, 2.24) is 9.59 Å². The fourth-order valence-corrected chi connectivity index (χ4v) is 2.97. The first-order valence-electron chi connectivity index (χ1n) is 6.23. The number of aromatic nitrogens is 2. The highest BCUT2D eigenvalue weighted by Gasteiger charge is 2.26. The number of nitrogens with zero attached hydrogens (tertiary/aromatic N) is 2. The van der Waals surface area contributed by atoms with E-state index in [-0.39, 0.29) is 10.4 Å². The van der Waals surface area contributed by atoms with Crippen LogP contribution in [0.1, 0.15) is 43.0 Å². The van der Waals surface area contributed by atoms with Gasteiger partial charge < -0.3 is 5.11 Å². The van der Waals surface area contributed by atoms with Gasteiger partial charge in [-0.3, -0.25) is 0 Å². The summed E-state index contributed by atoms with van der Waals surface area (Å²) in [6, 6.07) is 4.46. The van der Waals surface area contributed by atoms with Gasteiger partial charge in [0, 0.05) is 11.8 Å². The van der Waals surface area contributed by atoms with Gasteiger partial charge in [-0.25, -0.2) is 4.39 Å². The molecule has 0 aliphatic rings. The van der Waals surface area contributed by atoms with Crippen molar-refractivity contribution in [3.8, 4) is 0 Å². The topological polar surface area (TPSA) is 46.0 Å². The summed E-state index contributed by atoms with van der Waals surface area (Å²) in [5, 5.41) is 14.5. The van der Waals surface area contributed by atoms with E-state index < -0.39 is 11.9 Å². The van der Waals surface area contributed by atoms with Gasteiger partial charge in [0.25, 0.3) is 0 Å². The molecule has 2 aromatic rings. The van der Waals surface area contributed by atoms with E-state index >= 15 is 0 Å². The Bertz CT molecular complexity index is 609. The van der Waals surface area contributed by atoms with Gasteiger partial charge in [0.1, 0.15) is 5.82 Å². The molecule has 0 radical (unpaired) electrons. The summed E-state index contributed by atoms with van der Waals surface area (Å²) in [6.45, 7) is 6.07. The van der Waals surface area contributed by atoms with Gasteiger partial charge in [0.15, 0.2) is 0 Å². The molecule has 0 saturated carbocycles. The highest BCUT2D eigenvalue weighted by atomic mass is 35.5. The van der Waals surface area contributed by atoms with E-state index in [1.165, 1.54) is 23.7 Å². The first-order chi connectivity index (χ1) is 9.29. The molecule has 1 unspecified atom stereocenters. The SMILES string of the molecule is CC(C)(C)c1nnsc1C(O)Cc1ccc(F)c(Cl)c1. The maximum Gasteiger partial charge on any atom is 0.141 e. The van der Waals surface area contributed by atoms with Crippen LogP contribution in [0.25, 0.3) is 0 Å². The smallest absolute Gasteiger partial charge is 0.141 e. The lowest BCUT2D eigenvalue weighted by Gasteiger charge is -2.19. The van der Waals surface area contributed by atoms with Crippen LogP contribution in [0.15, 0.2) is 18.2 Å². The molecule has 1 aromatic carbocycles. The Balaban J connectivity index is 2.22. The Hall–Kier alpha value is -1.04. The molecule has 0 aliphatic heterocycles. The van der Waals surface area contributed by atoms with Gasteiger partial charge in [-0.05, 0) is 29.2 Å². The summed E-state index contributed by atoms with van der Waals surface area (Å²) in [4.78, 5) is 0.748. The van der Waals surface area contributed by atoms with Gasteiger partial charge in [-0.15, -0.1) is 5.10 Å². The minimum absolute atomic E-state index is 0.0631. The molecule has 0 amide bonds. The molecule has 1 aromatic heterocycles. The zero-order chi connectivity index (χ0) is 14.9. The van der Waals surface area contributed by atoms with Gasteiger partial charge in [0.2, 0.25) is 0 Å². The van der Waals surface area contributed by atoms with Crippen LogP contribution in [0.3, 0.4) is 0 Å². The van der Waals surface area contributed by atoms with E-state index in [0.29, 0.717) is 6.42 Å². The lowest BCUT2D eigenvalue weighted by atomic mass is 9.89. The molecular formula is C14H16ClFN2OS. The largest absolute Gasteiger partial charge is 0.387 e. The number of aliphatic hydroxyl groups is 1. The molecule has 1 atom stereocenters. The van der Waals surface area contributed by atoms with Gasteiger partial charge in [-0.2, -0.15) is 0 Å². The summed E-state index contributed by atoms with van der Waals surface area (Å²) in [6.07, 6.45) is -0.363. The maximum absolute atomic E-state index is 13.1. The second kappa shape index (κ2) is 5.76. The number of hydrogen-bond acceptors (Lipinski definition) is 4. The molecule has 0 fully saturated rings. The van der Waals surface area contributed by atoms with Crippen LogP contribution in [-0.2, 0) is 11.8 Å². The summed E-state index contributed by atoms with van der Waals surface area (Å²) in [7, 11) is 0. The van der Waals surface area contributed by atoms with Crippen LogP contribution < -0.4 is 0 Å². The third-order valence-corrected chi connectivity index (χ3v) is 4.05. The zero-order valence-electron chi connectivity index (χ0n) is 11.5. The normalized spacial score (nSPS) is 13.5. The van der Waals surface area contributed by atoms with E-state index in [9.17, 15) is 9.50 Å². The molecule has 2 rings (SSSR count). The Morgan fingerprint density at radius 2 is 2.10 bits per heavy atom. The van der Waals surface area contributed by atoms with E-state index in [1.54, 1.807) is 6.07 Å². The zero-order valence-corrected chi connectivity index (χ0v) is 13.1. The Labute approximate surface area is 126 Å². The van der Waals surface area contributed by atoms with Crippen LogP contribution >= 0.6 is 23.1 Å². The number of rotatable bonds is 3. The maximum atomic E-state index is 13.1. The van der Waals surface area contributed by atoms with Crippen molar-refractivity contribution in [1.29, 1.82) is 0 Å². The fraction of sp³-hybridized carbons (Fsp3) is 0.429. The van der Waals surface area contributed by atoms with Gasteiger partial charge in [-0.1, -0.05) is 42.9 Å². The predicted molar refractivity (Wildman–Crippen MR) is 78.7 cm³/mol. The van der Waals surface area contributed by atoms with E-state index in [1.807, 2.05) is 20.8 Å². The van der Waals surface area contributed by atoms with Crippen molar-refractivity contribution in [2.24, 2.45) is 0 Å². The molecular weight excluding hydrogens is 299 g/mol. The summed E-state index contributed by atoms with van der Waals surface area (Å²) in [5.74, 6) is -0.459. The summed E-state index contributed by atoms with van der Waals surface area (Å²) in [5.41, 5.74) is 1.39. The summed E-state index contributed by atoms with van der Waals surface area (Å²) >= 11 is 6.94. The minimum Gasteiger partial charge on any atom is -0.387 e. The molecule has 0 spiro atoms. The number of benzene rings is 1. The second-order valence-corrected chi connectivity index (χ2v) is 6.90. The third kappa shape index (κ3) is 3.34. The average molecular weight is 315 g/mol. The Morgan fingerprint density at radius 3 is 2.70 bits per heavy atom. The van der Waals surface area contributed by atoms with Crippen molar-refractivity contribution in [3.05, 3.63) is 45.2 Å². The van der Waals surface area contributed by atoms with E-state index in [2.05, 4.69) is 9.59 Å². The number of aliphatic hydroxyl groups excluding tert-OH is 1. The van der Waals surface area contributed by atoms with Crippen LogP contribution in [0.2, 0.25) is 5.02 Å². The summed E-state index contributed by atoms with van der Waals surface area (Å²) < 4.78 is 17.0. The molecule has 6 heteroatoms. The fourth-order valence-electron chi connectivity index (χ4n) is 1.92. The monoisotopic (exact) mass is 314 g/mol. The minimum atomic E-state index is -0.717. The van der Waals surface area contributed by atoms with Gasteiger partial charge in [0.05, 0.1) is 21.7 Å². The van der Waals surface area contributed by atoms with Crippen LogP contribution in [0.4, 0.5) is 4.39 Å².